The Hall–Kier alpha value is -2.73. The van der Waals surface area contributed by atoms with E-state index in [2.05, 4.69) is 46.8 Å². The zero-order chi connectivity index (χ0) is 17.5. The first kappa shape index (κ1) is 17.1. The number of tetrazole rings is 1. The van der Waals surface area contributed by atoms with Crippen molar-refractivity contribution in [1.82, 2.24) is 20.2 Å². The molecule has 0 unspecified atom stereocenters. The summed E-state index contributed by atoms with van der Waals surface area (Å²) in [4.78, 5) is 0. The second-order valence-electron chi connectivity index (χ2n) is 5.92. The lowest BCUT2D eigenvalue weighted by atomic mass is 10.1. The van der Waals surface area contributed by atoms with Crippen molar-refractivity contribution < 1.29 is 4.74 Å². The van der Waals surface area contributed by atoms with Crippen LogP contribution in [0.2, 0.25) is 0 Å². The van der Waals surface area contributed by atoms with E-state index in [0.717, 1.165) is 18.7 Å². The van der Waals surface area contributed by atoms with Crippen molar-refractivity contribution in [3.63, 3.8) is 0 Å². The molecule has 3 rings (SSSR count). The molecule has 0 bridgehead atoms. The molecule has 1 heterocycles. The van der Waals surface area contributed by atoms with Crippen molar-refractivity contribution in [3.05, 3.63) is 65.2 Å². The van der Waals surface area contributed by atoms with E-state index in [1.165, 1.54) is 16.7 Å². The smallest absolute Gasteiger partial charge is 0.248 e. The Balaban J connectivity index is 1.71. The van der Waals surface area contributed by atoms with Gasteiger partial charge in [-0.25, -0.2) is 0 Å². The summed E-state index contributed by atoms with van der Waals surface area (Å²) in [6.07, 6.45) is 1.02. The fourth-order valence-electron chi connectivity index (χ4n) is 2.53. The van der Waals surface area contributed by atoms with Crippen LogP contribution in [0.3, 0.4) is 0 Å². The number of aromatic nitrogens is 4. The number of ether oxygens (including phenoxy) is 1. The molecule has 1 N–H and O–H groups in total. The third-order valence-corrected chi connectivity index (χ3v) is 3.91. The maximum Gasteiger partial charge on any atom is 0.248 e. The molecular weight excluding hydrogens is 314 g/mol. The van der Waals surface area contributed by atoms with E-state index < -0.39 is 0 Å². The average molecular weight is 337 g/mol. The Bertz CT molecular complexity index is 798. The van der Waals surface area contributed by atoms with E-state index in [-0.39, 0.29) is 0 Å². The number of rotatable bonds is 8. The van der Waals surface area contributed by atoms with E-state index in [9.17, 15) is 0 Å². The molecule has 1 aromatic heterocycles. The van der Waals surface area contributed by atoms with Crippen LogP contribution in [0.15, 0.2) is 48.5 Å². The molecule has 0 amide bonds. The second-order valence-corrected chi connectivity index (χ2v) is 5.92. The van der Waals surface area contributed by atoms with Crippen LogP contribution in [0, 0.1) is 6.92 Å². The van der Waals surface area contributed by atoms with Gasteiger partial charge < -0.3 is 10.1 Å². The van der Waals surface area contributed by atoms with Crippen LogP contribution in [0.1, 0.15) is 30.0 Å². The van der Waals surface area contributed by atoms with Gasteiger partial charge in [-0.3, -0.25) is 0 Å². The predicted molar refractivity (Wildman–Crippen MR) is 97.6 cm³/mol. The van der Waals surface area contributed by atoms with Crippen LogP contribution in [0.25, 0.3) is 5.69 Å². The van der Waals surface area contributed by atoms with E-state index in [1.807, 2.05) is 36.4 Å². The largest absolute Gasteiger partial charge is 0.377 e. The Labute approximate surface area is 147 Å². The molecule has 0 aliphatic heterocycles. The number of hydrogen-bond acceptors (Lipinski definition) is 5. The molecular formula is C19H23N5O. The van der Waals surface area contributed by atoms with Gasteiger partial charge in [0.25, 0.3) is 0 Å². The molecule has 6 heteroatoms. The van der Waals surface area contributed by atoms with Crippen molar-refractivity contribution in [2.24, 2.45) is 0 Å². The molecule has 3 aromatic rings. The van der Waals surface area contributed by atoms with Crippen LogP contribution < -0.4 is 5.32 Å². The Morgan fingerprint density at radius 2 is 1.80 bits per heavy atom. The molecule has 0 spiro atoms. The van der Waals surface area contributed by atoms with Gasteiger partial charge in [-0.2, -0.15) is 4.68 Å². The first-order chi connectivity index (χ1) is 12.3. The average Bonchev–Trinajstić information content (AvgIpc) is 3.10. The van der Waals surface area contributed by atoms with Gasteiger partial charge in [-0.15, -0.1) is 0 Å². The molecule has 2 aromatic carbocycles. The van der Waals surface area contributed by atoms with E-state index in [4.69, 9.17) is 4.74 Å². The molecule has 0 radical (unpaired) electrons. The zero-order valence-electron chi connectivity index (χ0n) is 14.6. The predicted octanol–water partition coefficient (Wildman–Crippen LogP) is 3.51. The molecule has 6 nitrogen and oxygen atoms in total. The molecule has 0 aliphatic carbocycles. The summed E-state index contributed by atoms with van der Waals surface area (Å²) in [7, 11) is 0. The lowest BCUT2D eigenvalue weighted by molar-refractivity contribution is 0.121. The van der Waals surface area contributed by atoms with Crippen LogP contribution in [-0.4, -0.2) is 26.8 Å². The molecule has 0 saturated heterocycles. The maximum atomic E-state index is 5.68. The van der Waals surface area contributed by atoms with Gasteiger partial charge in [0, 0.05) is 13.2 Å². The summed E-state index contributed by atoms with van der Waals surface area (Å²) in [5.74, 6) is 0.619. The van der Waals surface area contributed by atoms with Crippen LogP contribution in [0.4, 0.5) is 5.95 Å². The van der Waals surface area contributed by atoms with Crippen molar-refractivity contribution in [1.29, 1.82) is 0 Å². The number of nitrogens with one attached hydrogen (secondary N) is 1. The van der Waals surface area contributed by atoms with E-state index in [1.54, 1.807) is 4.68 Å². The molecule has 130 valence electrons. The number of benzene rings is 2. The minimum Gasteiger partial charge on any atom is -0.377 e. The van der Waals surface area contributed by atoms with Crippen LogP contribution in [0.5, 0.6) is 0 Å². The summed E-state index contributed by atoms with van der Waals surface area (Å²) in [5.41, 5.74) is 4.49. The minimum absolute atomic E-state index is 0.619. The van der Waals surface area contributed by atoms with Gasteiger partial charge in [0.15, 0.2) is 0 Å². The van der Waals surface area contributed by atoms with Crippen LogP contribution in [-0.2, 0) is 17.9 Å². The highest BCUT2D eigenvalue weighted by atomic mass is 16.5. The minimum atomic E-state index is 0.619. The first-order valence-corrected chi connectivity index (χ1v) is 8.51. The molecule has 25 heavy (non-hydrogen) atoms. The zero-order valence-corrected chi connectivity index (χ0v) is 14.6. The maximum absolute atomic E-state index is 5.68. The fourth-order valence-corrected chi connectivity index (χ4v) is 2.53. The van der Waals surface area contributed by atoms with Gasteiger partial charge in [-0.1, -0.05) is 54.0 Å². The molecule has 0 aliphatic rings. The molecule has 0 fully saturated rings. The number of nitrogens with zero attached hydrogens (tertiary/aromatic N) is 4. The van der Waals surface area contributed by atoms with Crippen LogP contribution >= 0.6 is 0 Å². The van der Waals surface area contributed by atoms with Crippen molar-refractivity contribution in [2.45, 2.75) is 33.4 Å². The molecule has 0 atom stereocenters. The normalized spacial score (nSPS) is 10.8. The first-order valence-electron chi connectivity index (χ1n) is 8.51. The number of anilines is 1. The second kappa shape index (κ2) is 8.39. The highest BCUT2D eigenvalue weighted by molar-refractivity contribution is 5.41. The number of hydrogen-bond donors (Lipinski definition) is 1. The topological polar surface area (TPSA) is 64.9 Å². The SMILES string of the molecule is CCCOCc1ccccc1CNc1nnnn1-c1ccc(C)cc1. The van der Waals surface area contributed by atoms with Gasteiger partial charge in [0.2, 0.25) is 5.95 Å². The Morgan fingerprint density at radius 1 is 1.04 bits per heavy atom. The van der Waals surface area contributed by atoms with Gasteiger partial charge in [0.1, 0.15) is 0 Å². The summed E-state index contributed by atoms with van der Waals surface area (Å²) in [6.45, 7) is 6.19. The Morgan fingerprint density at radius 3 is 2.56 bits per heavy atom. The summed E-state index contributed by atoms with van der Waals surface area (Å²) >= 11 is 0. The highest BCUT2D eigenvalue weighted by Gasteiger charge is 2.09. The lowest BCUT2D eigenvalue weighted by Gasteiger charge is -2.11. The highest BCUT2D eigenvalue weighted by Crippen LogP contribution is 2.15. The summed E-state index contributed by atoms with van der Waals surface area (Å²) < 4.78 is 7.38. The van der Waals surface area contributed by atoms with Gasteiger partial charge >= 0.3 is 0 Å². The summed E-state index contributed by atoms with van der Waals surface area (Å²) in [5, 5.41) is 15.3. The van der Waals surface area contributed by atoms with E-state index >= 15 is 0 Å². The third kappa shape index (κ3) is 4.42. The summed E-state index contributed by atoms with van der Waals surface area (Å²) in [6, 6.07) is 16.3. The Kier molecular flexibility index (Phi) is 5.74. The van der Waals surface area contributed by atoms with Crippen molar-refractivity contribution in [3.8, 4) is 5.69 Å². The number of aryl methyl sites for hydroxylation is 1. The van der Waals surface area contributed by atoms with Crippen molar-refractivity contribution in [2.75, 3.05) is 11.9 Å². The monoisotopic (exact) mass is 337 g/mol. The van der Waals surface area contributed by atoms with E-state index in [0.29, 0.717) is 19.1 Å². The quantitative estimate of drug-likeness (QED) is 0.637. The van der Waals surface area contributed by atoms with Crippen molar-refractivity contribution >= 4 is 5.95 Å². The van der Waals surface area contributed by atoms with Gasteiger partial charge in [0.05, 0.1) is 12.3 Å². The lowest BCUT2D eigenvalue weighted by Crippen LogP contribution is -2.09. The standard InChI is InChI=1S/C19H23N5O/c1-3-12-25-14-17-7-5-4-6-16(17)13-20-19-21-22-23-24(19)18-10-8-15(2)9-11-18/h4-11H,3,12-14H2,1-2H3,(H,20,21,23). The molecule has 0 saturated carbocycles. The van der Waals surface area contributed by atoms with Gasteiger partial charge in [-0.05, 0) is 47.0 Å². The third-order valence-electron chi connectivity index (χ3n) is 3.91. The fraction of sp³-hybridized carbons (Fsp3) is 0.316.